The lowest BCUT2D eigenvalue weighted by Crippen LogP contribution is -2.29. The second kappa shape index (κ2) is 9.98. The summed E-state index contributed by atoms with van der Waals surface area (Å²) in [5.74, 6) is 1.50. The lowest BCUT2D eigenvalue weighted by molar-refractivity contribution is -0.118. The van der Waals surface area contributed by atoms with Crippen molar-refractivity contribution >= 4 is 23.6 Å². The largest absolute Gasteiger partial charge is 0.481 e. The summed E-state index contributed by atoms with van der Waals surface area (Å²) in [4.78, 5) is 34.3. The quantitative estimate of drug-likeness (QED) is 0.478. The van der Waals surface area contributed by atoms with Gasteiger partial charge in [-0.2, -0.15) is 0 Å². The zero-order valence-electron chi connectivity index (χ0n) is 19.2. The van der Waals surface area contributed by atoms with Gasteiger partial charge in [0.15, 0.2) is 18.2 Å². The molecule has 0 bridgehead atoms. The molecule has 2 aliphatic rings. The first kappa shape index (κ1) is 22.6. The van der Waals surface area contributed by atoms with Crippen LogP contribution in [-0.4, -0.2) is 54.9 Å². The molecule has 2 aromatic heterocycles. The van der Waals surface area contributed by atoms with Gasteiger partial charge in [0, 0.05) is 18.2 Å². The molecule has 10 nitrogen and oxygen atoms in total. The number of hydrogen-bond donors (Lipinski definition) is 2. The minimum absolute atomic E-state index is 0.0446. The fraction of sp³-hybridized carbons (Fsp3) is 0.280. The van der Waals surface area contributed by atoms with Crippen molar-refractivity contribution in [3.8, 4) is 22.9 Å². The van der Waals surface area contributed by atoms with Gasteiger partial charge < -0.3 is 24.8 Å². The van der Waals surface area contributed by atoms with E-state index in [4.69, 9.17) is 14.2 Å². The van der Waals surface area contributed by atoms with Crippen molar-refractivity contribution in [2.75, 3.05) is 37.0 Å². The van der Waals surface area contributed by atoms with Crippen LogP contribution in [0.4, 0.5) is 16.4 Å². The molecular weight excluding hydrogens is 450 g/mol. The van der Waals surface area contributed by atoms with E-state index >= 15 is 0 Å². The van der Waals surface area contributed by atoms with Crippen molar-refractivity contribution in [2.45, 2.75) is 19.1 Å². The number of benzene rings is 1. The summed E-state index contributed by atoms with van der Waals surface area (Å²) in [6.45, 7) is 1.69. The highest BCUT2D eigenvalue weighted by atomic mass is 16.6. The van der Waals surface area contributed by atoms with Crippen LogP contribution in [0.5, 0.6) is 11.6 Å². The smallest absolute Gasteiger partial charge is 0.415 e. The third kappa shape index (κ3) is 5.17. The fourth-order valence-electron chi connectivity index (χ4n) is 3.99. The molecule has 1 aromatic carbocycles. The number of nitrogens with zero attached hydrogens (tertiary/aromatic N) is 3. The number of amides is 2. The molecule has 1 unspecified atom stereocenters. The summed E-state index contributed by atoms with van der Waals surface area (Å²) in [6.07, 6.45) is -0.0561. The van der Waals surface area contributed by atoms with E-state index in [0.29, 0.717) is 49.3 Å². The number of nitrogens with one attached hydrogen (secondary N) is 2. The van der Waals surface area contributed by atoms with Gasteiger partial charge in [0.2, 0.25) is 5.88 Å². The van der Waals surface area contributed by atoms with Gasteiger partial charge in [0.25, 0.3) is 5.91 Å². The number of methoxy groups -OCH3 is 1. The molecule has 0 radical (unpaired) electrons. The Kier molecular flexibility index (Phi) is 6.44. The van der Waals surface area contributed by atoms with Gasteiger partial charge in [-0.25, -0.2) is 14.8 Å². The van der Waals surface area contributed by atoms with Crippen LogP contribution in [0.2, 0.25) is 0 Å². The van der Waals surface area contributed by atoms with Gasteiger partial charge in [-0.15, -0.1) is 0 Å². The Hall–Kier alpha value is -4.18. The third-order valence-corrected chi connectivity index (χ3v) is 5.74. The Morgan fingerprint density at radius 3 is 2.91 bits per heavy atom. The first-order valence-corrected chi connectivity index (χ1v) is 11.3. The summed E-state index contributed by atoms with van der Waals surface area (Å²) in [5, 5.41) is 6.06. The van der Waals surface area contributed by atoms with Crippen molar-refractivity contribution in [3.63, 3.8) is 0 Å². The number of cyclic esters (lactones) is 1. The second-order valence-corrected chi connectivity index (χ2v) is 8.20. The summed E-state index contributed by atoms with van der Waals surface area (Å²) < 4.78 is 16.1. The highest BCUT2D eigenvalue weighted by Gasteiger charge is 2.33. The van der Waals surface area contributed by atoms with Gasteiger partial charge in [-0.3, -0.25) is 9.69 Å². The lowest BCUT2D eigenvalue weighted by atomic mass is 10.1. The number of ether oxygens (including phenoxy) is 3. The van der Waals surface area contributed by atoms with Crippen LogP contribution in [0.25, 0.3) is 11.3 Å². The number of aromatic nitrogens is 2. The van der Waals surface area contributed by atoms with Crippen molar-refractivity contribution < 1.29 is 23.8 Å². The predicted octanol–water partition coefficient (Wildman–Crippen LogP) is 2.99. The van der Waals surface area contributed by atoms with E-state index in [1.165, 1.54) is 4.90 Å². The normalized spacial score (nSPS) is 16.8. The molecule has 35 heavy (non-hydrogen) atoms. The average molecular weight is 476 g/mol. The minimum atomic E-state index is -0.455. The zero-order chi connectivity index (χ0) is 24.2. The maximum atomic E-state index is 12.4. The molecule has 0 aliphatic carbocycles. The molecule has 1 saturated heterocycles. The fourth-order valence-corrected chi connectivity index (χ4v) is 3.99. The number of fused-ring (bicyclic) bond motifs is 1. The SMILES string of the molecule is COc1cccc(-c2cccc(CNCCC3CN(c4ccc5c(n4)NC(=O)CO5)C(=O)O3)c2)n1. The zero-order valence-corrected chi connectivity index (χ0v) is 19.2. The van der Waals surface area contributed by atoms with Gasteiger partial charge >= 0.3 is 6.09 Å². The molecule has 3 aromatic rings. The molecule has 2 aliphatic heterocycles. The molecule has 10 heteroatoms. The third-order valence-electron chi connectivity index (χ3n) is 5.74. The average Bonchev–Trinajstić information content (AvgIpc) is 3.26. The second-order valence-electron chi connectivity index (χ2n) is 8.20. The van der Waals surface area contributed by atoms with Gasteiger partial charge in [0.05, 0.1) is 19.3 Å². The summed E-state index contributed by atoms with van der Waals surface area (Å²) >= 11 is 0. The van der Waals surface area contributed by atoms with Crippen molar-refractivity contribution in [1.29, 1.82) is 0 Å². The highest BCUT2D eigenvalue weighted by Crippen LogP contribution is 2.30. The first-order chi connectivity index (χ1) is 17.1. The maximum absolute atomic E-state index is 12.4. The van der Waals surface area contributed by atoms with Crippen LogP contribution in [0.3, 0.4) is 0 Å². The van der Waals surface area contributed by atoms with E-state index in [-0.39, 0.29) is 18.6 Å². The Morgan fingerprint density at radius 1 is 1.14 bits per heavy atom. The monoisotopic (exact) mass is 475 g/mol. The van der Waals surface area contributed by atoms with Gasteiger partial charge in [-0.1, -0.05) is 24.3 Å². The molecule has 4 heterocycles. The van der Waals surface area contributed by atoms with E-state index in [2.05, 4.69) is 32.7 Å². The van der Waals surface area contributed by atoms with E-state index in [0.717, 1.165) is 16.8 Å². The van der Waals surface area contributed by atoms with E-state index in [1.807, 2.05) is 30.3 Å². The number of rotatable bonds is 8. The van der Waals surface area contributed by atoms with Gasteiger partial charge in [-0.05, 0) is 42.8 Å². The van der Waals surface area contributed by atoms with Crippen LogP contribution in [-0.2, 0) is 16.1 Å². The van der Waals surface area contributed by atoms with Crippen LogP contribution in [0.15, 0.2) is 54.6 Å². The lowest BCUT2D eigenvalue weighted by Gasteiger charge is -2.19. The molecule has 0 saturated carbocycles. The topological polar surface area (TPSA) is 115 Å². The Morgan fingerprint density at radius 2 is 2.03 bits per heavy atom. The van der Waals surface area contributed by atoms with E-state index < -0.39 is 6.09 Å². The molecule has 2 N–H and O–H groups in total. The van der Waals surface area contributed by atoms with Crippen LogP contribution < -0.4 is 25.0 Å². The maximum Gasteiger partial charge on any atom is 0.415 e. The summed E-state index contributed by atoms with van der Waals surface area (Å²) in [6, 6.07) is 17.2. The highest BCUT2D eigenvalue weighted by molar-refractivity contribution is 5.95. The number of hydrogen-bond acceptors (Lipinski definition) is 8. The molecule has 1 atom stereocenters. The predicted molar refractivity (Wildman–Crippen MR) is 129 cm³/mol. The Bertz CT molecular complexity index is 1250. The Labute approximate surface area is 202 Å². The van der Waals surface area contributed by atoms with E-state index in [1.54, 1.807) is 19.2 Å². The molecule has 180 valence electrons. The Balaban J connectivity index is 1.13. The number of carbonyl (C=O) groups excluding carboxylic acids is 2. The van der Waals surface area contributed by atoms with Crippen LogP contribution in [0, 0.1) is 0 Å². The van der Waals surface area contributed by atoms with Crippen molar-refractivity contribution in [2.24, 2.45) is 0 Å². The van der Waals surface area contributed by atoms with Gasteiger partial charge in [0.1, 0.15) is 11.9 Å². The molecule has 2 amide bonds. The first-order valence-electron chi connectivity index (χ1n) is 11.3. The van der Waals surface area contributed by atoms with Crippen molar-refractivity contribution in [3.05, 3.63) is 60.2 Å². The molecular formula is C25H25N5O5. The molecule has 0 spiro atoms. The molecule has 1 fully saturated rings. The van der Waals surface area contributed by atoms with Crippen molar-refractivity contribution in [1.82, 2.24) is 15.3 Å². The number of pyridine rings is 2. The summed E-state index contributed by atoms with van der Waals surface area (Å²) in [7, 11) is 1.60. The number of anilines is 2. The standard InChI is InChI=1S/C25H25N5O5/c1-33-23-7-3-6-19(27-23)17-5-2-4-16(12-17)13-26-11-10-18-14-30(25(32)35-18)21-9-8-20-24(28-21)29-22(31)15-34-20/h2-9,12,18,26H,10-11,13-15H2,1H3,(H,28,29,31). The minimum Gasteiger partial charge on any atom is -0.481 e. The van der Waals surface area contributed by atoms with E-state index in [9.17, 15) is 9.59 Å². The summed E-state index contributed by atoms with van der Waals surface area (Å²) in [5.41, 5.74) is 2.99. The van der Waals surface area contributed by atoms with Crippen LogP contribution in [0.1, 0.15) is 12.0 Å². The molecule has 5 rings (SSSR count). The number of carbonyl (C=O) groups is 2. The van der Waals surface area contributed by atoms with Crippen LogP contribution >= 0.6 is 0 Å².